The van der Waals surface area contributed by atoms with Crippen molar-refractivity contribution in [1.29, 1.82) is 0 Å². The predicted molar refractivity (Wildman–Crippen MR) is 107 cm³/mol. The molecule has 0 bridgehead atoms. The summed E-state index contributed by atoms with van der Waals surface area (Å²) in [5.41, 5.74) is 0.224. The topological polar surface area (TPSA) is 83.6 Å². The van der Waals surface area contributed by atoms with E-state index in [0.717, 1.165) is 17.8 Å². The summed E-state index contributed by atoms with van der Waals surface area (Å²) in [6.45, 7) is 6.49. The van der Waals surface area contributed by atoms with Gasteiger partial charge in [-0.3, -0.25) is 9.59 Å². The molecule has 7 nitrogen and oxygen atoms in total. The molecule has 2 aromatic rings. The van der Waals surface area contributed by atoms with Gasteiger partial charge >= 0.3 is 6.36 Å². The molecule has 164 valence electrons. The normalized spacial score (nSPS) is 17.4. The Labute approximate surface area is 175 Å². The standard InChI is InChI=1S/C19H23F3N4O3S/c1-18(2,3)23-10-15(27)26-8-4-5-13(26)16(28)25-17-24-12-7-6-11(9-14(12)30-17)29-19(20,21)22/h6-7,9,13,23H,4-5,8,10H2,1-3H3,(H,24,25,28)/t13-/m1/s1. The Morgan fingerprint density at radius 2 is 2.03 bits per heavy atom. The molecule has 1 atom stereocenters. The molecule has 1 saturated heterocycles. The van der Waals surface area contributed by atoms with E-state index in [1.807, 2.05) is 20.8 Å². The average molecular weight is 444 g/mol. The third-order valence-electron chi connectivity index (χ3n) is 4.47. The number of carbonyl (C=O) groups is 2. The lowest BCUT2D eigenvalue weighted by Gasteiger charge is -2.26. The van der Waals surface area contributed by atoms with Gasteiger partial charge in [0.2, 0.25) is 11.8 Å². The third kappa shape index (κ3) is 5.82. The first-order valence-corrected chi connectivity index (χ1v) is 10.2. The molecule has 1 aromatic heterocycles. The number of nitrogens with zero attached hydrogens (tertiary/aromatic N) is 2. The molecule has 1 fully saturated rings. The van der Waals surface area contributed by atoms with Crippen LogP contribution < -0.4 is 15.4 Å². The number of anilines is 1. The molecule has 2 amide bonds. The van der Waals surface area contributed by atoms with E-state index in [0.29, 0.717) is 23.2 Å². The highest BCUT2D eigenvalue weighted by Gasteiger charge is 2.35. The van der Waals surface area contributed by atoms with Crippen LogP contribution in [0.2, 0.25) is 0 Å². The summed E-state index contributed by atoms with van der Waals surface area (Å²) < 4.78 is 41.5. The number of alkyl halides is 3. The van der Waals surface area contributed by atoms with Crippen molar-refractivity contribution in [1.82, 2.24) is 15.2 Å². The molecule has 2 heterocycles. The summed E-state index contributed by atoms with van der Waals surface area (Å²) in [4.78, 5) is 31.0. The fraction of sp³-hybridized carbons (Fsp3) is 0.526. The van der Waals surface area contributed by atoms with E-state index in [4.69, 9.17) is 0 Å². The Hall–Kier alpha value is -2.40. The van der Waals surface area contributed by atoms with Gasteiger partial charge in [-0.05, 0) is 45.7 Å². The number of thiazole rings is 1. The van der Waals surface area contributed by atoms with Gasteiger partial charge in [0.1, 0.15) is 11.8 Å². The second kappa shape index (κ2) is 8.38. The van der Waals surface area contributed by atoms with Crippen molar-refractivity contribution in [2.24, 2.45) is 0 Å². The van der Waals surface area contributed by atoms with Crippen molar-refractivity contribution in [3.63, 3.8) is 0 Å². The molecular weight excluding hydrogens is 421 g/mol. The van der Waals surface area contributed by atoms with E-state index in [1.54, 1.807) is 4.90 Å². The maximum Gasteiger partial charge on any atom is 0.573 e. The number of aromatic nitrogens is 1. The maximum atomic E-state index is 12.7. The number of nitrogens with one attached hydrogen (secondary N) is 2. The van der Waals surface area contributed by atoms with Crippen molar-refractivity contribution in [2.75, 3.05) is 18.4 Å². The average Bonchev–Trinajstić information content (AvgIpc) is 3.23. The highest BCUT2D eigenvalue weighted by atomic mass is 32.1. The first kappa shape index (κ1) is 22.3. The summed E-state index contributed by atoms with van der Waals surface area (Å²) in [6, 6.07) is 3.18. The molecular formula is C19H23F3N4O3S. The first-order chi connectivity index (χ1) is 13.9. The SMILES string of the molecule is CC(C)(C)NCC(=O)N1CCC[C@@H]1C(=O)Nc1nc2ccc(OC(F)(F)F)cc2s1. The van der Waals surface area contributed by atoms with E-state index in [9.17, 15) is 22.8 Å². The van der Waals surface area contributed by atoms with Gasteiger partial charge in [-0.1, -0.05) is 11.3 Å². The molecule has 0 spiro atoms. The van der Waals surface area contributed by atoms with Crippen molar-refractivity contribution in [2.45, 2.75) is 51.6 Å². The first-order valence-electron chi connectivity index (χ1n) is 9.43. The van der Waals surface area contributed by atoms with Crippen LogP contribution in [0.4, 0.5) is 18.3 Å². The van der Waals surface area contributed by atoms with Gasteiger partial charge in [0, 0.05) is 18.2 Å². The molecule has 1 aliphatic heterocycles. The number of likely N-dealkylation sites (tertiary alicyclic amines) is 1. The van der Waals surface area contributed by atoms with Crippen LogP contribution in [0, 0.1) is 0 Å². The lowest BCUT2D eigenvalue weighted by atomic mass is 10.1. The van der Waals surface area contributed by atoms with E-state index in [-0.39, 0.29) is 34.8 Å². The molecule has 0 unspecified atom stereocenters. The van der Waals surface area contributed by atoms with Crippen LogP contribution in [0.1, 0.15) is 33.6 Å². The van der Waals surface area contributed by atoms with E-state index < -0.39 is 12.4 Å². The summed E-state index contributed by atoms with van der Waals surface area (Å²) in [5, 5.41) is 6.07. The molecule has 30 heavy (non-hydrogen) atoms. The van der Waals surface area contributed by atoms with Gasteiger partial charge in [0.05, 0.1) is 16.8 Å². The number of halogens is 3. The van der Waals surface area contributed by atoms with Gasteiger partial charge in [-0.25, -0.2) is 4.98 Å². The zero-order chi connectivity index (χ0) is 22.1. The van der Waals surface area contributed by atoms with Crippen LogP contribution in [-0.2, 0) is 9.59 Å². The predicted octanol–water partition coefficient (Wildman–Crippen LogP) is 3.51. The third-order valence-corrected chi connectivity index (χ3v) is 5.40. The van der Waals surface area contributed by atoms with Gasteiger partial charge in [-0.2, -0.15) is 0 Å². The Morgan fingerprint density at radius 1 is 1.30 bits per heavy atom. The maximum absolute atomic E-state index is 12.7. The van der Waals surface area contributed by atoms with Gasteiger partial charge in [-0.15, -0.1) is 13.2 Å². The quantitative estimate of drug-likeness (QED) is 0.738. The molecule has 0 aliphatic carbocycles. The number of amides is 2. The molecule has 11 heteroatoms. The molecule has 0 saturated carbocycles. The van der Waals surface area contributed by atoms with E-state index >= 15 is 0 Å². The van der Waals surface area contributed by atoms with Gasteiger partial charge in [0.15, 0.2) is 5.13 Å². The molecule has 0 radical (unpaired) electrons. The van der Waals surface area contributed by atoms with Crippen molar-refractivity contribution in [3.8, 4) is 5.75 Å². The monoisotopic (exact) mass is 444 g/mol. The van der Waals surface area contributed by atoms with Gasteiger partial charge < -0.3 is 20.3 Å². The number of rotatable bonds is 5. The van der Waals surface area contributed by atoms with E-state index in [1.165, 1.54) is 18.2 Å². The molecule has 1 aromatic carbocycles. The molecule has 3 rings (SSSR count). The van der Waals surface area contributed by atoms with Crippen LogP contribution in [0.15, 0.2) is 18.2 Å². The largest absolute Gasteiger partial charge is 0.573 e. The zero-order valence-electron chi connectivity index (χ0n) is 16.8. The number of fused-ring (bicyclic) bond motifs is 1. The smallest absolute Gasteiger partial charge is 0.406 e. The Bertz CT molecular complexity index is 939. The number of benzene rings is 1. The van der Waals surface area contributed by atoms with Crippen LogP contribution in [0.3, 0.4) is 0 Å². The summed E-state index contributed by atoms with van der Waals surface area (Å²) in [5.74, 6) is -0.862. The molecule has 1 aliphatic rings. The second-order valence-electron chi connectivity index (χ2n) is 8.03. The summed E-state index contributed by atoms with van der Waals surface area (Å²) in [6.07, 6.45) is -3.52. The highest BCUT2D eigenvalue weighted by molar-refractivity contribution is 7.22. The van der Waals surface area contributed by atoms with E-state index in [2.05, 4.69) is 20.4 Å². The number of hydrogen-bond acceptors (Lipinski definition) is 6. The van der Waals surface area contributed by atoms with Crippen molar-refractivity contribution < 1.29 is 27.5 Å². The van der Waals surface area contributed by atoms with Crippen molar-refractivity contribution >= 4 is 38.5 Å². The lowest BCUT2D eigenvalue weighted by Crippen LogP contribution is -2.49. The number of ether oxygens (including phenoxy) is 1. The second-order valence-corrected chi connectivity index (χ2v) is 9.06. The Morgan fingerprint density at radius 3 is 2.70 bits per heavy atom. The summed E-state index contributed by atoms with van der Waals surface area (Å²) >= 11 is 1.04. The minimum Gasteiger partial charge on any atom is -0.406 e. The van der Waals surface area contributed by atoms with Crippen LogP contribution >= 0.6 is 11.3 Å². The number of carbonyl (C=O) groups excluding carboxylic acids is 2. The minimum absolute atomic E-state index is 0.135. The summed E-state index contributed by atoms with van der Waals surface area (Å²) in [7, 11) is 0. The molecule has 2 N–H and O–H groups in total. The highest BCUT2D eigenvalue weighted by Crippen LogP contribution is 2.32. The number of hydrogen-bond donors (Lipinski definition) is 2. The van der Waals surface area contributed by atoms with Crippen LogP contribution in [0.5, 0.6) is 5.75 Å². The fourth-order valence-electron chi connectivity index (χ4n) is 3.12. The van der Waals surface area contributed by atoms with Crippen LogP contribution in [0.25, 0.3) is 10.2 Å². The van der Waals surface area contributed by atoms with Crippen LogP contribution in [-0.4, -0.2) is 52.7 Å². The zero-order valence-corrected chi connectivity index (χ0v) is 17.6. The Kier molecular flexibility index (Phi) is 6.23. The van der Waals surface area contributed by atoms with Crippen molar-refractivity contribution in [3.05, 3.63) is 18.2 Å². The minimum atomic E-state index is -4.78. The van der Waals surface area contributed by atoms with Gasteiger partial charge in [0.25, 0.3) is 0 Å². The Balaban J connectivity index is 1.67. The fourth-order valence-corrected chi connectivity index (χ4v) is 4.02. The lowest BCUT2D eigenvalue weighted by molar-refractivity contribution is -0.274.